The topological polar surface area (TPSA) is 4.93 Å². The highest BCUT2D eigenvalue weighted by Gasteiger charge is 2.17. The molecule has 10 aromatic rings. The second-order valence-corrected chi connectivity index (χ2v) is 13.9. The molecule has 0 aliphatic carbocycles. The van der Waals surface area contributed by atoms with Gasteiger partial charge in [-0.25, -0.2) is 0 Å². The Balaban J connectivity index is 1.04. The van der Waals surface area contributed by atoms with Crippen LogP contribution in [0.15, 0.2) is 194 Å². The van der Waals surface area contributed by atoms with Crippen LogP contribution in [-0.4, -0.2) is 4.57 Å². The third-order valence-corrected chi connectivity index (χ3v) is 11.0. The van der Waals surface area contributed by atoms with Crippen molar-refractivity contribution in [3.63, 3.8) is 0 Å². The molecule has 0 N–H and O–H groups in total. The van der Waals surface area contributed by atoms with Gasteiger partial charge in [0, 0.05) is 28.4 Å². The van der Waals surface area contributed by atoms with Gasteiger partial charge in [0.25, 0.3) is 0 Å². The largest absolute Gasteiger partial charge is 0.341 e. The number of hydrogen-bond donors (Lipinski definition) is 0. The van der Waals surface area contributed by atoms with Crippen LogP contribution in [0.1, 0.15) is 6.92 Å². The Kier molecular flexibility index (Phi) is 7.51. The summed E-state index contributed by atoms with van der Waals surface area (Å²) in [5.74, 6) is 0. The van der Waals surface area contributed by atoms with E-state index in [0.29, 0.717) is 0 Å². The maximum absolute atomic E-state index is 2.41. The molecular weight excluding hydrogens is 639 g/mol. The molecule has 0 bridgehead atoms. The van der Waals surface area contributed by atoms with Crippen LogP contribution in [0.2, 0.25) is 0 Å². The van der Waals surface area contributed by atoms with E-state index in [9.17, 15) is 0 Å². The molecule has 9 aromatic carbocycles. The molecule has 0 saturated carbocycles. The van der Waals surface area contributed by atoms with Crippen LogP contribution >= 0.6 is 0 Å². The monoisotopic (exact) mass is 675 g/mol. The minimum Gasteiger partial charge on any atom is -0.341 e. The van der Waals surface area contributed by atoms with Gasteiger partial charge in [-0.1, -0.05) is 176 Å². The molecule has 0 atom stereocenters. The van der Waals surface area contributed by atoms with E-state index in [0.717, 1.165) is 6.54 Å². The van der Waals surface area contributed by atoms with Crippen molar-refractivity contribution >= 4 is 43.4 Å². The van der Waals surface area contributed by atoms with Gasteiger partial charge in [-0.3, -0.25) is 0 Å². The van der Waals surface area contributed by atoms with Crippen LogP contribution < -0.4 is 0 Å². The number of nitrogens with zero attached hydrogens (tertiary/aromatic N) is 1. The van der Waals surface area contributed by atoms with Crippen molar-refractivity contribution in [2.45, 2.75) is 13.5 Å². The number of hydrogen-bond acceptors (Lipinski definition) is 0. The SMILES string of the molecule is CCn1c2ccccc2c2cc(-c3ccc(-c4c5ccccc5c(-c5ccc(-c6ccc(-c7ccccc7)cc6)cc5)c5ccccc45)cc3)ccc21. The molecule has 1 aromatic heterocycles. The highest BCUT2D eigenvalue weighted by molar-refractivity contribution is 6.21. The average Bonchev–Trinajstić information content (AvgIpc) is 3.56. The van der Waals surface area contributed by atoms with E-state index in [-0.39, 0.29) is 0 Å². The van der Waals surface area contributed by atoms with Crippen LogP contribution in [0.3, 0.4) is 0 Å². The van der Waals surface area contributed by atoms with E-state index in [4.69, 9.17) is 0 Å². The minimum atomic E-state index is 0.952. The number of fused-ring (bicyclic) bond motifs is 5. The molecule has 10 rings (SSSR count). The molecule has 53 heavy (non-hydrogen) atoms. The first-order valence-corrected chi connectivity index (χ1v) is 18.6. The van der Waals surface area contributed by atoms with Crippen molar-refractivity contribution in [3.05, 3.63) is 194 Å². The maximum atomic E-state index is 2.41. The Bertz CT molecular complexity index is 2870. The number of rotatable bonds is 6. The summed E-state index contributed by atoms with van der Waals surface area (Å²) in [5, 5.41) is 7.69. The van der Waals surface area contributed by atoms with Gasteiger partial charge in [0.2, 0.25) is 0 Å². The van der Waals surface area contributed by atoms with E-state index in [1.54, 1.807) is 0 Å². The fraction of sp³-hybridized carbons (Fsp3) is 0.0385. The molecule has 0 fully saturated rings. The molecule has 0 saturated heterocycles. The van der Waals surface area contributed by atoms with Gasteiger partial charge >= 0.3 is 0 Å². The highest BCUT2D eigenvalue weighted by atomic mass is 15.0. The Labute approximate surface area is 310 Å². The van der Waals surface area contributed by atoms with E-state index < -0.39 is 0 Å². The van der Waals surface area contributed by atoms with Gasteiger partial charge in [-0.15, -0.1) is 0 Å². The Morgan fingerprint density at radius 2 is 0.623 bits per heavy atom. The maximum Gasteiger partial charge on any atom is 0.0491 e. The predicted octanol–water partition coefficient (Wildman–Crippen LogP) is 14.5. The van der Waals surface area contributed by atoms with Crippen molar-refractivity contribution in [2.75, 3.05) is 0 Å². The summed E-state index contributed by atoms with van der Waals surface area (Å²) in [7, 11) is 0. The zero-order valence-corrected chi connectivity index (χ0v) is 29.6. The normalized spacial score (nSPS) is 11.6. The molecule has 0 unspecified atom stereocenters. The summed E-state index contributed by atoms with van der Waals surface area (Å²) < 4.78 is 2.41. The molecule has 0 spiro atoms. The summed E-state index contributed by atoms with van der Waals surface area (Å²) >= 11 is 0. The summed E-state index contributed by atoms with van der Waals surface area (Å²) in [4.78, 5) is 0. The Morgan fingerprint density at radius 1 is 0.283 bits per heavy atom. The van der Waals surface area contributed by atoms with Crippen molar-refractivity contribution in [2.24, 2.45) is 0 Å². The number of aryl methyl sites for hydroxylation is 1. The minimum absolute atomic E-state index is 0.952. The van der Waals surface area contributed by atoms with Crippen molar-refractivity contribution < 1.29 is 0 Å². The molecule has 250 valence electrons. The van der Waals surface area contributed by atoms with Crippen LogP contribution in [0.25, 0.3) is 99.0 Å². The lowest BCUT2D eigenvalue weighted by Crippen LogP contribution is -1.92. The zero-order valence-electron chi connectivity index (χ0n) is 29.6. The molecule has 1 heterocycles. The van der Waals surface area contributed by atoms with Crippen molar-refractivity contribution in [1.82, 2.24) is 4.57 Å². The third kappa shape index (κ3) is 5.24. The molecule has 1 heteroatoms. The quantitative estimate of drug-likeness (QED) is 0.155. The van der Waals surface area contributed by atoms with Crippen LogP contribution in [0, 0.1) is 0 Å². The lowest BCUT2D eigenvalue weighted by Gasteiger charge is -2.18. The second kappa shape index (κ2) is 12.8. The third-order valence-electron chi connectivity index (χ3n) is 11.0. The lowest BCUT2D eigenvalue weighted by atomic mass is 9.85. The molecule has 0 radical (unpaired) electrons. The number of aromatic nitrogens is 1. The smallest absolute Gasteiger partial charge is 0.0491 e. The predicted molar refractivity (Wildman–Crippen MR) is 227 cm³/mol. The Morgan fingerprint density at radius 3 is 1.09 bits per heavy atom. The van der Waals surface area contributed by atoms with Gasteiger partial charge in [-0.05, 0) is 102 Å². The van der Waals surface area contributed by atoms with E-state index in [1.165, 1.54) is 99.0 Å². The fourth-order valence-corrected chi connectivity index (χ4v) is 8.47. The zero-order chi connectivity index (χ0) is 35.3. The number of benzene rings is 9. The molecule has 0 aliphatic rings. The summed E-state index contributed by atoms with van der Waals surface area (Å²) in [6.07, 6.45) is 0. The van der Waals surface area contributed by atoms with Crippen LogP contribution in [-0.2, 0) is 6.54 Å². The van der Waals surface area contributed by atoms with E-state index in [1.807, 2.05) is 0 Å². The van der Waals surface area contributed by atoms with Crippen LogP contribution in [0.5, 0.6) is 0 Å². The van der Waals surface area contributed by atoms with E-state index >= 15 is 0 Å². The first kappa shape index (κ1) is 31.1. The highest BCUT2D eigenvalue weighted by Crippen LogP contribution is 2.44. The Hall–Kier alpha value is -6.70. The summed E-state index contributed by atoms with van der Waals surface area (Å²) in [6, 6.07) is 71.2. The van der Waals surface area contributed by atoms with Gasteiger partial charge in [-0.2, -0.15) is 0 Å². The van der Waals surface area contributed by atoms with E-state index in [2.05, 4.69) is 206 Å². The molecule has 0 amide bonds. The van der Waals surface area contributed by atoms with Crippen molar-refractivity contribution in [3.8, 4) is 55.6 Å². The molecular formula is C52H37N. The molecule has 0 aliphatic heterocycles. The van der Waals surface area contributed by atoms with Crippen LogP contribution in [0.4, 0.5) is 0 Å². The van der Waals surface area contributed by atoms with Gasteiger partial charge < -0.3 is 4.57 Å². The van der Waals surface area contributed by atoms with Crippen molar-refractivity contribution in [1.29, 1.82) is 0 Å². The first-order valence-electron chi connectivity index (χ1n) is 18.6. The standard InChI is InChI=1S/C52H37N/c1-2-53-49-19-11-10-14-43(49)48-34-42(32-33-50(48)53)39-26-30-41(31-27-39)52-46-17-8-6-15-44(46)51(45-16-7-9-18-47(45)52)40-28-24-38(25-29-40)37-22-20-36(21-23-37)35-12-4-3-5-13-35/h3-34H,2H2,1H3. The van der Waals surface area contributed by atoms with Gasteiger partial charge in [0.15, 0.2) is 0 Å². The molecule has 1 nitrogen and oxygen atoms in total. The average molecular weight is 676 g/mol. The van der Waals surface area contributed by atoms with Gasteiger partial charge in [0.1, 0.15) is 0 Å². The summed E-state index contributed by atoms with van der Waals surface area (Å²) in [5.41, 5.74) is 15.0. The lowest BCUT2D eigenvalue weighted by molar-refractivity contribution is 0.827. The fourth-order valence-electron chi connectivity index (χ4n) is 8.47. The summed E-state index contributed by atoms with van der Waals surface area (Å²) in [6.45, 7) is 3.18. The second-order valence-electron chi connectivity index (χ2n) is 13.9. The van der Waals surface area contributed by atoms with Gasteiger partial charge in [0.05, 0.1) is 0 Å². The number of para-hydroxylation sites is 1. The first-order chi connectivity index (χ1) is 26.2.